The molecule has 1 saturated heterocycles. The Balaban J connectivity index is 1.74. The van der Waals surface area contributed by atoms with Crippen LogP contribution in [0.15, 0.2) is 24.7 Å². The number of carbonyl (C=O) groups excluding carboxylic acids is 2. The van der Waals surface area contributed by atoms with E-state index >= 15 is 0 Å². The van der Waals surface area contributed by atoms with Crippen LogP contribution < -0.4 is 10.6 Å². The van der Waals surface area contributed by atoms with Crippen LogP contribution in [0.1, 0.15) is 66.0 Å². The minimum Gasteiger partial charge on any atom is -0.444 e. The molecule has 12 heteroatoms. The lowest BCUT2D eigenvalue weighted by molar-refractivity contribution is 0.00755. The number of carbonyl (C=O) groups is 2. The number of likely N-dealkylation sites (tertiary alicyclic amines) is 1. The van der Waals surface area contributed by atoms with Gasteiger partial charge in [-0.2, -0.15) is 14.7 Å². The molecule has 1 fully saturated rings. The van der Waals surface area contributed by atoms with Crippen LogP contribution in [-0.4, -0.2) is 78.8 Å². The summed E-state index contributed by atoms with van der Waals surface area (Å²) in [5, 5.41) is 14.8. The van der Waals surface area contributed by atoms with Gasteiger partial charge in [0.15, 0.2) is 5.65 Å². The van der Waals surface area contributed by atoms with Gasteiger partial charge in [0.05, 0.1) is 18.1 Å². The third-order valence-electron chi connectivity index (χ3n) is 6.33. The van der Waals surface area contributed by atoms with E-state index in [4.69, 9.17) is 14.5 Å². The summed E-state index contributed by atoms with van der Waals surface area (Å²) in [6.07, 6.45) is 6.01. The van der Waals surface area contributed by atoms with E-state index in [9.17, 15) is 9.59 Å². The van der Waals surface area contributed by atoms with E-state index in [-0.39, 0.29) is 18.1 Å². The summed E-state index contributed by atoms with van der Waals surface area (Å²) in [6.45, 7) is 12.1. The highest BCUT2D eigenvalue weighted by molar-refractivity contribution is 5.86. The average Bonchev–Trinajstić information content (AvgIpc) is 3.43. The molecule has 2 atom stereocenters. The van der Waals surface area contributed by atoms with E-state index in [1.165, 1.54) is 0 Å². The molecule has 0 bridgehead atoms. The van der Waals surface area contributed by atoms with Crippen molar-refractivity contribution < 1.29 is 19.1 Å². The zero-order chi connectivity index (χ0) is 28.5. The lowest BCUT2D eigenvalue weighted by Gasteiger charge is -2.40. The predicted octanol–water partition coefficient (Wildman–Crippen LogP) is 4.18. The molecule has 4 rings (SSSR count). The summed E-state index contributed by atoms with van der Waals surface area (Å²) < 4.78 is 14.5. The van der Waals surface area contributed by atoms with E-state index in [0.29, 0.717) is 24.6 Å². The SMILES string of the molecule is CNC[C@@H]1CC[C@H](c2cc(NC(=O)OC(C)(C)C)n3ncc(-c4cnn(C)c4)c3n2)CN1C(=O)OC(C)(C)C. The van der Waals surface area contributed by atoms with Gasteiger partial charge in [-0.25, -0.2) is 14.6 Å². The molecule has 12 nitrogen and oxygen atoms in total. The Bertz CT molecular complexity index is 1330. The number of rotatable bonds is 5. The second kappa shape index (κ2) is 10.8. The van der Waals surface area contributed by atoms with E-state index in [0.717, 1.165) is 29.7 Å². The molecule has 39 heavy (non-hydrogen) atoms. The van der Waals surface area contributed by atoms with Gasteiger partial charge in [0.1, 0.15) is 17.0 Å². The minimum atomic E-state index is -0.663. The van der Waals surface area contributed by atoms with Crippen LogP contribution in [0, 0.1) is 0 Å². The number of nitrogens with zero attached hydrogens (tertiary/aromatic N) is 6. The molecule has 0 radical (unpaired) electrons. The number of nitrogens with one attached hydrogen (secondary N) is 2. The number of piperidine rings is 1. The Kier molecular flexibility index (Phi) is 7.87. The second-order valence-corrected chi connectivity index (χ2v) is 12.0. The molecule has 0 aromatic carbocycles. The Hall–Kier alpha value is -3.67. The molecule has 2 N–H and O–H groups in total. The predicted molar refractivity (Wildman–Crippen MR) is 148 cm³/mol. The molecule has 0 unspecified atom stereocenters. The molecule has 4 heterocycles. The summed E-state index contributed by atoms with van der Waals surface area (Å²) in [5.41, 5.74) is 1.69. The number of hydrogen-bond donors (Lipinski definition) is 2. The van der Waals surface area contributed by atoms with Crippen molar-refractivity contribution in [3.63, 3.8) is 0 Å². The van der Waals surface area contributed by atoms with Crippen molar-refractivity contribution in [1.29, 1.82) is 0 Å². The number of aromatic nitrogens is 5. The van der Waals surface area contributed by atoms with Gasteiger partial charge in [0.2, 0.25) is 0 Å². The van der Waals surface area contributed by atoms with Crippen LogP contribution in [0.2, 0.25) is 0 Å². The molecular formula is C27H40N8O4. The summed E-state index contributed by atoms with van der Waals surface area (Å²) in [4.78, 5) is 32.7. The molecule has 0 saturated carbocycles. The topological polar surface area (TPSA) is 128 Å². The third-order valence-corrected chi connectivity index (χ3v) is 6.33. The van der Waals surface area contributed by atoms with Crippen LogP contribution in [0.5, 0.6) is 0 Å². The fraction of sp³-hybridized carbons (Fsp3) is 0.593. The summed E-state index contributed by atoms with van der Waals surface area (Å²) in [6, 6.07) is 1.82. The number of fused-ring (bicyclic) bond motifs is 1. The van der Waals surface area contributed by atoms with Crippen molar-refractivity contribution in [2.75, 3.05) is 25.5 Å². The lowest BCUT2D eigenvalue weighted by atomic mass is 9.90. The van der Waals surface area contributed by atoms with Gasteiger partial charge < -0.3 is 19.7 Å². The monoisotopic (exact) mass is 540 g/mol. The third kappa shape index (κ3) is 6.86. The Morgan fingerprint density at radius 1 is 1.05 bits per heavy atom. The van der Waals surface area contributed by atoms with E-state index < -0.39 is 17.3 Å². The van der Waals surface area contributed by atoms with E-state index in [1.807, 2.05) is 67.9 Å². The first-order chi connectivity index (χ1) is 18.2. The van der Waals surface area contributed by atoms with Gasteiger partial charge in [-0.05, 0) is 61.4 Å². The van der Waals surface area contributed by atoms with Crippen molar-refractivity contribution in [2.24, 2.45) is 7.05 Å². The summed E-state index contributed by atoms with van der Waals surface area (Å²) >= 11 is 0. The molecular weight excluding hydrogens is 500 g/mol. The summed E-state index contributed by atoms with van der Waals surface area (Å²) in [5.74, 6) is 0.354. The maximum Gasteiger partial charge on any atom is 0.413 e. The zero-order valence-corrected chi connectivity index (χ0v) is 24.1. The van der Waals surface area contributed by atoms with Crippen molar-refractivity contribution in [3.05, 3.63) is 30.4 Å². The number of likely N-dealkylation sites (N-methyl/N-ethyl adjacent to an activating group) is 1. The average molecular weight is 541 g/mol. The van der Waals surface area contributed by atoms with Gasteiger partial charge in [-0.1, -0.05) is 0 Å². The molecule has 0 spiro atoms. The van der Waals surface area contributed by atoms with Gasteiger partial charge in [-0.3, -0.25) is 10.00 Å². The highest BCUT2D eigenvalue weighted by Crippen LogP contribution is 2.33. The van der Waals surface area contributed by atoms with Crippen molar-refractivity contribution in [3.8, 4) is 11.1 Å². The van der Waals surface area contributed by atoms with E-state index in [1.54, 1.807) is 26.5 Å². The first kappa shape index (κ1) is 28.3. The van der Waals surface area contributed by atoms with Crippen LogP contribution in [0.25, 0.3) is 16.8 Å². The zero-order valence-electron chi connectivity index (χ0n) is 24.1. The van der Waals surface area contributed by atoms with Gasteiger partial charge in [0, 0.05) is 55.5 Å². The second-order valence-electron chi connectivity index (χ2n) is 12.0. The smallest absolute Gasteiger partial charge is 0.413 e. The maximum atomic E-state index is 13.2. The van der Waals surface area contributed by atoms with Crippen molar-refractivity contribution in [1.82, 2.24) is 34.6 Å². The Morgan fingerprint density at radius 3 is 2.38 bits per heavy atom. The van der Waals surface area contributed by atoms with Crippen LogP contribution >= 0.6 is 0 Å². The van der Waals surface area contributed by atoms with Gasteiger partial charge in [-0.15, -0.1) is 0 Å². The van der Waals surface area contributed by atoms with Crippen molar-refractivity contribution in [2.45, 2.75) is 77.5 Å². The fourth-order valence-corrected chi connectivity index (χ4v) is 4.71. The molecule has 2 amide bonds. The molecule has 212 valence electrons. The molecule has 3 aromatic rings. The number of anilines is 1. The number of ether oxygens (including phenoxy) is 2. The number of hydrogen-bond acceptors (Lipinski definition) is 8. The number of amides is 2. The Labute approximate surface area is 229 Å². The number of aryl methyl sites for hydroxylation is 1. The van der Waals surface area contributed by atoms with Crippen LogP contribution in [-0.2, 0) is 16.5 Å². The lowest BCUT2D eigenvalue weighted by Crippen LogP contribution is -2.51. The van der Waals surface area contributed by atoms with Gasteiger partial charge in [0.25, 0.3) is 0 Å². The van der Waals surface area contributed by atoms with Gasteiger partial charge >= 0.3 is 12.2 Å². The normalized spacial score (nSPS) is 18.3. The van der Waals surface area contributed by atoms with Crippen LogP contribution in [0.4, 0.5) is 15.4 Å². The molecule has 1 aliphatic rings. The highest BCUT2D eigenvalue weighted by Gasteiger charge is 2.35. The fourth-order valence-electron chi connectivity index (χ4n) is 4.71. The summed E-state index contributed by atoms with van der Waals surface area (Å²) in [7, 11) is 3.72. The molecule has 3 aromatic heterocycles. The quantitative estimate of drug-likeness (QED) is 0.493. The maximum absolute atomic E-state index is 13.2. The van der Waals surface area contributed by atoms with Crippen molar-refractivity contribution >= 4 is 23.7 Å². The highest BCUT2D eigenvalue weighted by atomic mass is 16.6. The first-order valence-electron chi connectivity index (χ1n) is 13.3. The largest absolute Gasteiger partial charge is 0.444 e. The standard InChI is InChI=1S/C27H40N8O4/c1-26(2,3)38-24(36)32-22-11-21(31-23-20(14-30-35(22)23)18-12-29-33(8)15-18)17-9-10-19(13-28-7)34(16-17)25(37)39-27(4,5)6/h11-12,14-15,17,19,28H,9-10,13,16H2,1-8H3,(H,32,36)/t17-,19-/m0/s1. The minimum absolute atomic E-state index is 0.00473. The first-order valence-corrected chi connectivity index (χ1v) is 13.3. The molecule has 0 aliphatic carbocycles. The molecule has 1 aliphatic heterocycles. The Morgan fingerprint density at radius 2 is 1.77 bits per heavy atom. The van der Waals surface area contributed by atoms with E-state index in [2.05, 4.69) is 20.8 Å². The van der Waals surface area contributed by atoms with Crippen LogP contribution in [0.3, 0.4) is 0 Å².